The number of alkyl halides is 7. The second kappa shape index (κ2) is 10.3. The van der Waals surface area contributed by atoms with Gasteiger partial charge in [0.25, 0.3) is 5.69 Å². The first-order valence-electron chi connectivity index (χ1n) is 10.6. The Morgan fingerprint density at radius 1 is 1.15 bits per heavy atom. The second-order valence-electron chi connectivity index (χ2n) is 8.75. The molecule has 0 fully saturated rings. The van der Waals surface area contributed by atoms with Gasteiger partial charge in [-0.15, -0.1) is 10.2 Å². The van der Waals surface area contributed by atoms with Gasteiger partial charge in [0.15, 0.2) is 5.16 Å². The molecule has 2 aromatic heterocycles. The van der Waals surface area contributed by atoms with Crippen molar-refractivity contribution in [3.8, 4) is 11.3 Å². The van der Waals surface area contributed by atoms with Crippen LogP contribution in [0.15, 0.2) is 40.8 Å². The number of hydrogen-bond donors (Lipinski definition) is 2. The van der Waals surface area contributed by atoms with Gasteiger partial charge in [0.05, 0.1) is 22.6 Å². The van der Waals surface area contributed by atoms with Gasteiger partial charge in [0, 0.05) is 34.4 Å². The average molecular weight is 600 g/mol. The highest BCUT2D eigenvalue weighted by Crippen LogP contribution is 2.52. The molecule has 0 saturated heterocycles. The lowest BCUT2D eigenvalue weighted by Crippen LogP contribution is -2.50. The fourth-order valence-electron chi connectivity index (χ4n) is 3.23. The van der Waals surface area contributed by atoms with E-state index in [1.54, 1.807) is 13.8 Å². The summed E-state index contributed by atoms with van der Waals surface area (Å²) in [6, 6.07) is 1.02. The molecule has 0 aliphatic carbocycles. The number of benzene rings is 1. The van der Waals surface area contributed by atoms with Crippen LogP contribution in [0.3, 0.4) is 0 Å². The first-order valence-corrected chi connectivity index (χ1v) is 11.4. The minimum Gasteiger partial charge on any atom is -0.394 e. The van der Waals surface area contributed by atoms with Crippen LogP contribution in [0.2, 0.25) is 0 Å². The maximum Gasteiger partial charge on any atom is 0.460 e. The van der Waals surface area contributed by atoms with E-state index in [2.05, 4.69) is 15.2 Å². The molecule has 0 aliphatic rings. The van der Waals surface area contributed by atoms with Crippen molar-refractivity contribution in [2.24, 2.45) is 5.73 Å². The van der Waals surface area contributed by atoms with Crippen molar-refractivity contribution < 1.29 is 49.9 Å². The third-order valence-electron chi connectivity index (χ3n) is 5.51. The minimum absolute atomic E-state index is 0.0787. The van der Waals surface area contributed by atoms with Crippen LogP contribution < -0.4 is 5.73 Å². The zero-order chi connectivity index (χ0) is 30.4. The van der Waals surface area contributed by atoms with Crippen LogP contribution in [0, 0.1) is 15.9 Å². The Hall–Kier alpha value is -3.87. The summed E-state index contributed by atoms with van der Waals surface area (Å²) in [6.45, 7) is 2.63. The minimum atomic E-state index is -6.70. The SMILES string of the molecule is CC(C)(CO)n1cnnc1Sc1c(C(N)=O)cc([N+](=O)[O-])cc1-c1ncc(C(F)(F)C(F)(F)C(F)(F)F)cc1F. The van der Waals surface area contributed by atoms with Crippen LogP contribution in [0.4, 0.5) is 40.8 Å². The monoisotopic (exact) mass is 600 g/mol. The zero-order valence-electron chi connectivity index (χ0n) is 20.0. The van der Waals surface area contributed by atoms with E-state index < -0.39 is 74.9 Å². The number of pyridine rings is 1. The van der Waals surface area contributed by atoms with Gasteiger partial charge in [0.2, 0.25) is 5.91 Å². The highest BCUT2D eigenvalue weighted by molar-refractivity contribution is 7.99. The molecule has 1 aromatic carbocycles. The van der Waals surface area contributed by atoms with Gasteiger partial charge in [-0.05, 0) is 31.7 Å². The van der Waals surface area contributed by atoms with Gasteiger partial charge in [0.1, 0.15) is 17.8 Å². The van der Waals surface area contributed by atoms with Crippen molar-refractivity contribution >= 4 is 23.4 Å². The standard InChI is InChI=1S/C21H16F8N6O4S/c1-18(2,7-36)34-8-32-33-17(34)40-15-11(4-10(35(38)39)5-12(15)16(30)37)14-13(22)3-9(6-31-14)19(23,24)20(25,26)21(27,28)29/h3-6,8,36H,7H2,1-2H3,(H2,30,37). The molecule has 0 bridgehead atoms. The summed E-state index contributed by atoms with van der Waals surface area (Å²) >= 11 is 0.517. The summed E-state index contributed by atoms with van der Waals surface area (Å²) in [7, 11) is 0. The molecular formula is C21H16F8N6O4S. The summed E-state index contributed by atoms with van der Waals surface area (Å²) in [5.74, 6) is -15.7. The summed E-state index contributed by atoms with van der Waals surface area (Å²) in [5, 5.41) is 28.6. The molecule has 0 unspecified atom stereocenters. The number of amides is 1. The van der Waals surface area contributed by atoms with Crippen LogP contribution in [0.5, 0.6) is 0 Å². The van der Waals surface area contributed by atoms with Crippen molar-refractivity contribution in [2.45, 2.75) is 47.5 Å². The number of nitrogens with two attached hydrogens (primary N) is 1. The number of nitro groups is 1. The Kier molecular flexibility index (Phi) is 7.87. The van der Waals surface area contributed by atoms with E-state index in [0.29, 0.717) is 23.9 Å². The number of nitro benzene ring substituents is 1. The van der Waals surface area contributed by atoms with E-state index in [4.69, 9.17) is 5.73 Å². The molecule has 40 heavy (non-hydrogen) atoms. The first kappa shape index (κ1) is 30.7. The van der Waals surface area contributed by atoms with Crippen LogP contribution in [-0.4, -0.2) is 54.4 Å². The van der Waals surface area contributed by atoms with Crippen molar-refractivity contribution in [1.82, 2.24) is 19.7 Å². The largest absolute Gasteiger partial charge is 0.460 e. The molecule has 0 radical (unpaired) electrons. The van der Waals surface area contributed by atoms with Crippen LogP contribution in [0.25, 0.3) is 11.3 Å². The zero-order valence-corrected chi connectivity index (χ0v) is 20.8. The Bertz CT molecular complexity index is 1480. The van der Waals surface area contributed by atoms with Crippen molar-refractivity contribution in [1.29, 1.82) is 0 Å². The molecule has 10 nitrogen and oxygen atoms in total. The smallest absolute Gasteiger partial charge is 0.394 e. The topological polar surface area (TPSA) is 150 Å². The number of halogens is 8. The number of primary amides is 1. The molecule has 216 valence electrons. The first-order chi connectivity index (χ1) is 18.3. The predicted octanol–water partition coefficient (Wildman–Crippen LogP) is 4.65. The lowest BCUT2D eigenvalue weighted by atomic mass is 10.0. The fourth-order valence-corrected chi connectivity index (χ4v) is 4.43. The maximum absolute atomic E-state index is 15.1. The number of aromatic nitrogens is 4. The molecular weight excluding hydrogens is 584 g/mol. The van der Waals surface area contributed by atoms with Gasteiger partial charge in [-0.1, -0.05) is 0 Å². The molecule has 0 saturated carbocycles. The molecule has 2 heterocycles. The van der Waals surface area contributed by atoms with E-state index in [0.717, 1.165) is 0 Å². The highest BCUT2D eigenvalue weighted by atomic mass is 32.2. The molecule has 0 atom stereocenters. The molecule has 19 heteroatoms. The number of rotatable bonds is 9. The van der Waals surface area contributed by atoms with E-state index in [-0.39, 0.29) is 22.3 Å². The molecule has 3 N–H and O–H groups in total. The number of hydrogen-bond acceptors (Lipinski definition) is 8. The lowest BCUT2D eigenvalue weighted by Gasteiger charge is -2.28. The predicted molar refractivity (Wildman–Crippen MR) is 120 cm³/mol. The summed E-state index contributed by atoms with van der Waals surface area (Å²) in [6.07, 6.45) is -5.69. The Morgan fingerprint density at radius 2 is 1.77 bits per heavy atom. The van der Waals surface area contributed by atoms with Gasteiger partial charge in [-0.3, -0.25) is 19.9 Å². The Balaban J connectivity index is 2.28. The average Bonchev–Trinajstić information content (AvgIpc) is 3.32. The van der Waals surface area contributed by atoms with Gasteiger partial charge in [-0.2, -0.15) is 30.7 Å². The van der Waals surface area contributed by atoms with Crippen molar-refractivity contribution in [2.75, 3.05) is 6.61 Å². The highest BCUT2D eigenvalue weighted by Gasteiger charge is 2.73. The third kappa shape index (κ3) is 5.29. The molecule has 0 spiro atoms. The van der Waals surface area contributed by atoms with Gasteiger partial charge < -0.3 is 15.4 Å². The van der Waals surface area contributed by atoms with E-state index in [1.165, 1.54) is 10.9 Å². The van der Waals surface area contributed by atoms with Crippen LogP contribution in [-0.2, 0) is 11.5 Å². The van der Waals surface area contributed by atoms with Crippen molar-refractivity contribution in [3.63, 3.8) is 0 Å². The lowest BCUT2D eigenvalue weighted by molar-refractivity contribution is -0.384. The molecule has 1 amide bonds. The van der Waals surface area contributed by atoms with Crippen LogP contribution >= 0.6 is 11.8 Å². The van der Waals surface area contributed by atoms with E-state index in [1.807, 2.05) is 0 Å². The Morgan fingerprint density at radius 3 is 2.27 bits per heavy atom. The molecule has 3 aromatic rings. The maximum atomic E-state index is 15.1. The van der Waals surface area contributed by atoms with Gasteiger partial charge >= 0.3 is 18.0 Å². The van der Waals surface area contributed by atoms with E-state index >= 15 is 4.39 Å². The van der Waals surface area contributed by atoms with Crippen LogP contribution in [0.1, 0.15) is 29.8 Å². The molecule has 3 rings (SSSR count). The number of aliphatic hydroxyl groups is 1. The number of nitrogens with zero attached hydrogens (tertiary/aromatic N) is 5. The fraction of sp³-hybridized carbons (Fsp3) is 0.333. The summed E-state index contributed by atoms with van der Waals surface area (Å²) in [5.41, 5.74) is -0.977. The van der Waals surface area contributed by atoms with E-state index in [9.17, 15) is 50.7 Å². The van der Waals surface area contributed by atoms with Gasteiger partial charge in [-0.25, -0.2) is 4.39 Å². The summed E-state index contributed by atoms with van der Waals surface area (Å²) in [4.78, 5) is 25.6. The van der Waals surface area contributed by atoms with Crippen molar-refractivity contribution in [3.05, 3.63) is 57.8 Å². The Labute approximate surface area is 222 Å². The number of carbonyl (C=O) groups excluding carboxylic acids is 1. The third-order valence-corrected chi connectivity index (χ3v) is 6.61. The second-order valence-corrected chi connectivity index (χ2v) is 9.73. The molecule has 0 aliphatic heterocycles. The number of aliphatic hydroxyl groups excluding tert-OH is 1. The number of carbonyl (C=O) groups is 1. The quantitative estimate of drug-likeness (QED) is 0.205. The summed E-state index contributed by atoms with van der Waals surface area (Å²) < 4.78 is 109. The number of non-ortho nitro benzene ring substituents is 1. The normalized spacial score (nSPS) is 13.0.